The molecule has 0 saturated carbocycles. The van der Waals surface area contributed by atoms with E-state index in [1.54, 1.807) is 11.8 Å². The largest absolute Gasteiger partial charge is 0.465 e. The lowest BCUT2D eigenvalue weighted by Crippen LogP contribution is -2.18. The van der Waals surface area contributed by atoms with Crippen LogP contribution < -0.4 is 5.32 Å². The van der Waals surface area contributed by atoms with Crippen LogP contribution in [0, 0.1) is 12.8 Å². The number of nitrogens with zero attached hydrogens (tertiary/aromatic N) is 2. The molecule has 0 amide bonds. The van der Waals surface area contributed by atoms with Gasteiger partial charge in [-0.05, 0) is 55.0 Å². The highest BCUT2D eigenvalue weighted by Gasteiger charge is 2.37. The minimum Gasteiger partial charge on any atom is -0.465 e. The first-order valence-corrected chi connectivity index (χ1v) is 10.1. The highest BCUT2D eigenvalue weighted by Crippen LogP contribution is 2.42. The van der Waals surface area contributed by atoms with Gasteiger partial charge in [-0.2, -0.15) is 0 Å². The number of carbonyl (C=O) groups excluding carboxylic acids is 1. The molecule has 0 fully saturated rings. The van der Waals surface area contributed by atoms with E-state index in [1.165, 1.54) is 7.11 Å². The Kier molecular flexibility index (Phi) is 4.74. The first-order valence-electron chi connectivity index (χ1n) is 8.88. The van der Waals surface area contributed by atoms with Crippen LogP contribution in [0.3, 0.4) is 0 Å². The standard InChI is InChI=1S/C21H21N3O2S/c1-12-5-4-6-17(23-12)19-18(15-9-10-22-20(15)24-19)14-8-7-13(27-3)11-16(14)21(25)26-2/h4-8,11,15H,9-10H2,1-3H3,(H,22,24). The van der Waals surface area contributed by atoms with Gasteiger partial charge < -0.3 is 10.1 Å². The van der Waals surface area contributed by atoms with Gasteiger partial charge in [0.1, 0.15) is 5.84 Å². The smallest absolute Gasteiger partial charge is 0.338 e. The molecule has 0 radical (unpaired) electrons. The molecule has 1 aromatic carbocycles. The first-order chi connectivity index (χ1) is 13.1. The van der Waals surface area contributed by atoms with Gasteiger partial charge in [0.05, 0.1) is 24.1 Å². The van der Waals surface area contributed by atoms with E-state index in [4.69, 9.17) is 9.72 Å². The second kappa shape index (κ2) is 7.19. The number of fused-ring (bicyclic) bond motifs is 1. The zero-order chi connectivity index (χ0) is 19.0. The van der Waals surface area contributed by atoms with Crippen LogP contribution in [0.25, 0.3) is 11.3 Å². The maximum atomic E-state index is 12.5. The molecule has 5 nitrogen and oxygen atoms in total. The lowest BCUT2D eigenvalue weighted by Gasteiger charge is -2.16. The molecule has 0 aliphatic carbocycles. The van der Waals surface area contributed by atoms with E-state index in [2.05, 4.69) is 10.3 Å². The third-order valence-corrected chi connectivity index (χ3v) is 5.69. The summed E-state index contributed by atoms with van der Waals surface area (Å²) in [4.78, 5) is 22.9. The predicted octanol–water partition coefficient (Wildman–Crippen LogP) is 3.79. The van der Waals surface area contributed by atoms with Crippen molar-refractivity contribution in [1.82, 2.24) is 10.3 Å². The van der Waals surface area contributed by atoms with Gasteiger partial charge in [-0.25, -0.2) is 4.79 Å². The van der Waals surface area contributed by atoms with Crippen molar-refractivity contribution in [3.05, 3.63) is 58.9 Å². The summed E-state index contributed by atoms with van der Waals surface area (Å²) in [5.74, 6) is 0.798. The number of nitrogens with one attached hydrogen (secondary N) is 1. The fourth-order valence-electron chi connectivity index (χ4n) is 3.71. The number of benzene rings is 1. The van der Waals surface area contributed by atoms with Gasteiger partial charge in [0, 0.05) is 23.1 Å². The number of pyridine rings is 1. The number of esters is 1. The van der Waals surface area contributed by atoms with E-state index in [-0.39, 0.29) is 11.9 Å². The quantitative estimate of drug-likeness (QED) is 0.647. The van der Waals surface area contributed by atoms with Gasteiger partial charge in [0.25, 0.3) is 0 Å². The van der Waals surface area contributed by atoms with E-state index in [0.29, 0.717) is 5.56 Å². The van der Waals surface area contributed by atoms with Crippen molar-refractivity contribution in [2.45, 2.75) is 18.2 Å². The number of aryl methyl sites for hydroxylation is 1. The molecule has 2 aliphatic heterocycles. The summed E-state index contributed by atoms with van der Waals surface area (Å²) in [5.41, 5.74) is 5.31. The molecule has 0 spiro atoms. The topological polar surface area (TPSA) is 63.6 Å². The van der Waals surface area contributed by atoms with Gasteiger partial charge in [0.15, 0.2) is 0 Å². The number of methoxy groups -OCH3 is 1. The van der Waals surface area contributed by atoms with Gasteiger partial charge >= 0.3 is 5.97 Å². The third kappa shape index (κ3) is 3.14. The summed E-state index contributed by atoms with van der Waals surface area (Å²) < 4.78 is 5.07. The molecule has 138 valence electrons. The number of aromatic nitrogens is 1. The van der Waals surface area contributed by atoms with E-state index in [1.807, 2.05) is 49.6 Å². The third-order valence-electron chi connectivity index (χ3n) is 4.97. The van der Waals surface area contributed by atoms with Gasteiger partial charge in [-0.3, -0.25) is 9.98 Å². The number of aliphatic imine (C=N–C) groups is 1. The van der Waals surface area contributed by atoms with Crippen LogP contribution in [0.1, 0.15) is 33.7 Å². The van der Waals surface area contributed by atoms with Crippen molar-refractivity contribution in [1.29, 1.82) is 0 Å². The van der Waals surface area contributed by atoms with Crippen LogP contribution in [-0.2, 0) is 4.74 Å². The average Bonchev–Trinajstić information content (AvgIpc) is 3.28. The zero-order valence-electron chi connectivity index (χ0n) is 15.6. The van der Waals surface area contributed by atoms with Gasteiger partial charge in [-0.1, -0.05) is 12.1 Å². The summed E-state index contributed by atoms with van der Waals surface area (Å²) in [6.45, 7) is 2.77. The zero-order valence-corrected chi connectivity index (χ0v) is 16.4. The molecule has 3 heterocycles. The molecule has 0 bridgehead atoms. The van der Waals surface area contributed by atoms with Crippen LogP contribution in [-0.4, -0.2) is 36.7 Å². The molecular weight excluding hydrogens is 358 g/mol. The molecule has 0 saturated heterocycles. The summed E-state index contributed by atoms with van der Waals surface area (Å²) in [6.07, 6.45) is 2.92. The Labute approximate surface area is 162 Å². The van der Waals surface area contributed by atoms with Crippen molar-refractivity contribution in [2.24, 2.45) is 10.9 Å². The first kappa shape index (κ1) is 17.8. The highest BCUT2D eigenvalue weighted by molar-refractivity contribution is 7.98. The Morgan fingerprint density at radius 1 is 1.30 bits per heavy atom. The maximum Gasteiger partial charge on any atom is 0.338 e. The van der Waals surface area contributed by atoms with E-state index in [0.717, 1.165) is 51.9 Å². The minimum absolute atomic E-state index is 0.158. The second-order valence-corrected chi connectivity index (χ2v) is 7.47. The van der Waals surface area contributed by atoms with E-state index >= 15 is 0 Å². The molecule has 6 heteroatoms. The molecule has 4 rings (SSSR count). The number of rotatable bonds is 4. The van der Waals surface area contributed by atoms with Crippen LogP contribution in [0.2, 0.25) is 0 Å². The number of amidine groups is 1. The van der Waals surface area contributed by atoms with Crippen LogP contribution >= 0.6 is 11.8 Å². The molecule has 1 unspecified atom stereocenters. The lowest BCUT2D eigenvalue weighted by atomic mass is 9.88. The maximum absolute atomic E-state index is 12.5. The minimum atomic E-state index is -0.326. The van der Waals surface area contributed by atoms with Gasteiger partial charge in [0.2, 0.25) is 0 Å². The fourth-order valence-corrected chi connectivity index (χ4v) is 4.15. The Morgan fingerprint density at radius 3 is 2.89 bits per heavy atom. The summed E-state index contributed by atoms with van der Waals surface area (Å²) >= 11 is 1.61. The molecule has 1 atom stereocenters. The molecular formula is C21H21N3O2S. The molecule has 27 heavy (non-hydrogen) atoms. The molecule has 1 aromatic heterocycles. The second-order valence-electron chi connectivity index (χ2n) is 6.59. The molecule has 2 aromatic rings. The van der Waals surface area contributed by atoms with E-state index < -0.39 is 0 Å². The summed E-state index contributed by atoms with van der Waals surface area (Å²) in [7, 11) is 1.42. The number of hydrogen-bond donors (Lipinski definition) is 1. The predicted molar refractivity (Wildman–Crippen MR) is 109 cm³/mol. The van der Waals surface area contributed by atoms with Crippen LogP contribution in [0.4, 0.5) is 0 Å². The Balaban J connectivity index is 1.94. The van der Waals surface area contributed by atoms with Gasteiger partial charge in [-0.15, -0.1) is 11.8 Å². The van der Waals surface area contributed by atoms with Crippen molar-refractivity contribution >= 4 is 34.8 Å². The van der Waals surface area contributed by atoms with Crippen LogP contribution in [0.15, 0.2) is 46.3 Å². The molecule has 2 aliphatic rings. The Bertz CT molecular complexity index is 981. The van der Waals surface area contributed by atoms with Crippen molar-refractivity contribution in [3.63, 3.8) is 0 Å². The summed E-state index contributed by atoms with van der Waals surface area (Å²) in [5, 5.41) is 3.47. The highest BCUT2D eigenvalue weighted by atomic mass is 32.2. The van der Waals surface area contributed by atoms with Crippen molar-refractivity contribution < 1.29 is 9.53 Å². The SMILES string of the molecule is COC(=O)c1cc(SC)ccc1C1=C(c2cccc(C)n2)NC2=NCCC21. The van der Waals surface area contributed by atoms with E-state index in [9.17, 15) is 4.79 Å². The monoisotopic (exact) mass is 379 g/mol. The fraction of sp³-hybridized carbons (Fsp3) is 0.286. The van der Waals surface area contributed by atoms with Crippen molar-refractivity contribution in [2.75, 3.05) is 19.9 Å². The number of ether oxygens (including phenoxy) is 1. The Hall–Kier alpha value is -2.60. The average molecular weight is 379 g/mol. The lowest BCUT2D eigenvalue weighted by molar-refractivity contribution is 0.0600. The summed E-state index contributed by atoms with van der Waals surface area (Å²) in [6, 6.07) is 11.9. The number of hydrogen-bond acceptors (Lipinski definition) is 6. The normalized spacial score (nSPS) is 18.2. The number of thioether (sulfide) groups is 1. The number of carbonyl (C=O) groups is 1. The molecule has 1 N–H and O–H groups in total. The Morgan fingerprint density at radius 2 is 2.15 bits per heavy atom. The van der Waals surface area contributed by atoms with Crippen LogP contribution in [0.5, 0.6) is 0 Å². The van der Waals surface area contributed by atoms with Crippen molar-refractivity contribution in [3.8, 4) is 0 Å².